The Balaban J connectivity index is -0.0000000720. The molecule has 0 aliphatic carbocycles. The minimum Gasteiger partial charge on any atom is -0.385 e. The van der Waals surface area contributed by atoms with E-state index in [1.165, 1.54) is 0 Å². The van der Waals surface area contributed by atoms with E-state index in [2.05, 4.69) is 57.1 Å². The summed E-state index contributed by atoms with van der Waals surface area (Å²) in [7, 11) is 3.43. The monoisotopic (exact) mass is 371 g/mol. The van der Waals surface area contributed by atoms with Crippen LogP contribution < -0.4 is 0 Å². The first kappa shape index (κ1) is 35.6. The summed E-state index contributed by atoms with van der Waals surface area (Å²) in [6, 6.07) is 0. The van der Waals surface area contributed by atoms with Gasteiger partial charge >= 0.3 is 0 Å². The third-order valence-corrected chi connectivity index (χ3v) is 2.08. The molecule has 0 saturated carbocycles. The van der Waals surface area contributed by atoms with Gasteiger partial charge in [-0.2, -0.15) is 0 Å². The van der Waals surface area contributed by atoms with Crippen molar-refractivity contribution in [3.05, 3.63) is 23.1 Å². The zero-order valence-electron chi connectivity index (χ0n) is 18.8. The van der Waals surface area contributed by atoms with Crippen LogP contribution in [-0.4, -0.2) is 34.0 Å². The van der Waals surface area contributed by atoms with Crippen LogP contribution in [0.1, 0.15) is 73.6 Å². The number of hydrogen-bond acceptors (Lipinski definition) is 3. The molecule has 156 valence electrons. The topological polar surface area (TPSA) is 67.2 Å². The molecule has 0 N–H and O–H groups in total. The van der Waals surface area contributed by atoms with Crippen LogP contribution in [0.2, 0.25) is 0 Å². The van der Waals surface area contributed by atoms with Crippen LogP contribution in [0.3, 0.4) is 0 Å². The maximum atomic E-state index is 7.75. The van der Waals surface area contributed by atoms with Crippen molar-refractivity contribution in [1.82, 2.24) is 0 Å². The van der Waals surface area contributed by atoms with Crippen LogP contribution >= 0.6 is 0 Å². The molecule has 0 aromatic rings. The van der Waals surface area contributed by atoms with Crippen molar-refractivity contribution in [2.75, 3.05) is 34.0 Å². The molecule has 5 heteroatoms. The van der Waals surface area contributed by atoms with Crippen LogP contribution in [0.4, 0.5) is 0 Å². The lowest BCUT2D eigenvalue weighted by molar-refractivity contribution is 0.167. The van der Waals surface area contributed by atoms with E-state index in [0.717, 1.165) is 45.3 Å². The van der Waals surface area contributed by atoms with Gasteiger partial charge in [-0.1, -0.05) is 59.2 Å². The van der Waals surface area contributed by atoms with E-state index in [0.29, 0.717) is 12.5 Å². The van der Waals surface area contributed by atoms with Gasteiger partial charge in [-0.3, -0.25) is 0 Å². The Morgan fingerprint density at radius 2 is 1.65 bits per heavy atom. The van der Waals surface area contributed by atoms with E-state index in [9.17, 15) is 0 Å². The first-order valence-corrected chi connectivity index (χ1v) is 9.46. The van der Waals surface area contributed by atoms with E-state index in [1.54, 1.807) is 14.2 Å². The van der Waals surface area contributed by atoms with Crippen molar-refractivity contribution in [2.45, 2.75) is 73.6 Å². The Kier molecular flexibility index (Phi) is 67.8. The standard InChI is InChI=1S/C5H12O.C4H9N3.C4H10O.C4H8.C4H6/c1-5(2)4-6-3;1-2-3-4-6-7-5;1-3-4-5-2;2*1-3-4-2/h5H,4H2,1-3H3;2-4H2,1H3;3-4H2,1-2H3;3H,1,4H2,2H3;1H,4H2,2H3. The fourth-order valence-electron chi connectivity index (χ4n) is 0.811. The lowest BCUT2D eigenvalue weighted by Gasteiger charge is -1.97. The number of azide groups is 1. The molecule has 0 aromatic carbocycles. The molecule has 26 heavy (non-hydrogen) atoms. The van der Waals surface area contributed by atoms with Gasteiger partial charge in [-0.15, -0.1) is 18.9 Å². The number of hydrogen-bond donors (Lipinski definition) is 0. The first-order valence-electron chi connectivity index (χ1n) is 9.46. The third kappa shape index (κ3) is 115. The van der Waals surface area contributed by atoms with Gasteiger partial charge in [-0.05, 0) is 30.7 Å². The molecule has 5 nitrogen and oxygen atoms in total. The van der Waals surface area contributed by atoms with Crippen LogP contribution in [0.15, 0.2) is 17.8 Å². The number of methoxy groups -OCH3 is 2. The minimum atomic E-state index is 0.646. The molecule has 0 aromatic heterocycles. The average Bonchev–Trinajstić information content (AvgIpc) is 2.64. The van der Waals surface area contributed by atoms with Crippen molar-refractivity contribution >= 4 is 0 Å². The fourth-order valence-corrected chi connectivity index (χ4v) is 0.811. The molecule has 0 spiro atoms. The second-order valence-corrected chi connectivity index (χ2v) is 5.40. The predicted molar refractivity (Wildman–Crippen MR) is 117 cm³/mol. The van der Waals surface area contributed by atoms with Gasteiger partial charge in [-0.25, -0.2) is 0 Å². The molecule has 0 saturated heterocycles. The Hall–Kier alpha value is -1.47. The number of rotatable bonds is 8. The molecule has 0 radical (unpaired) electrons. The highest BCUT2D eigenvalue weighted by atomic mass is 16.5. The molecular weight excluding hydrogens is 326 g/mol. The maximum Gasteiger partial charge on any atom is 0.0485 e. The Labute approximate surface area is 164 Å². The van der Waals surface area contributed by atoms with E-state index in [4.69, 9.17) is 21.4 Å². The first-order chi connectivity index (χ1) is 12.4. The van der Waals surface area contributed by atoms with E-state index >= 15 is 0 Å². The van der Waals surface area contributed by atoms with Crippen molar-refractivity contribution in [2.24, 2.45) is 11.0 Å². The average molecular weight is 372 g/mol. The summed E-state index contributed by atoms with van der Waals surface area (Å²) in [4.78, 5) is 2.60. The highest BCUT2D eigenvalue weighted by Gasteiger charge is 1.85. The Bertz CT molecular complexity index is 292. The van der Waals surface area contributed by atoms with E-state index in [1.807, 2.05) is 13.0 Å². The molecular formula is C21H45N3O2. The molecule has 0 unspecified atom stereocenters. The summed E-state index contributed by atoms with van der Waals surface area (Å²) in [5, 5.41) is 3.34. The normalized spacial score (nSPS) is 7.69. The second-order valence-electron chi connectivity index (χ2n) is 5.40. The Morgan fingerprint density at radius 1 is 1.15 bits per heavy atom. The van der Waals surface area contributed by atoms with Gasteiger partial charge in [0.25, 0.3) is 0 Å². The highest BCUT2D eigenvalue weighted by Crippen LogP contribution is 1.88. The maximum absolute atomic E-state index is 7.75. The summed E-state index contributed by atoms with van der Waals surface area (Å²) >= 11 is 0. The second kappa shape index (κ2) is 49.5. The van der Waals surface area contributed by atoms with E-state index < -0.39 is 0 Å². The molecule has 0 rings (SSSR count). The molecule has 0 fully saturated rings. The number of nitrogens with zero attached hydrogens (tertiary/aromatic N) is 3. The van der Waals surface area contributed by atoms with Gasteiger partial charge < -0.3 is 9.47 Å². The third-order valence-electron chi connectivity index (χ3n) is 2.08. The summed E-state index contributed by atoms with van der Waals surface area (Å²) in [5.41, 5.74) is 7.75. The predicted octanol–water partition coefficient (Wildman–Crippen LogP) is 7.04. The lowest BCUT2D eigenvalue weighted by Crippen LogP contribution is -1.96. The van der Waals surface area contributed by atoms with Crippen LogP contribution in [-0.2, 0) is 9.47 Å². The molecule has 0 aliphatic heterocycles. The van der Waals surface area contributed by atoms with Crippen molar-refractivity contribution in [3.8, 4) is 12.3 Å². The minimum absolute atomic E-state index is 0.646. The van der Waals surface area contributed by atoms with Gasteiger partial charge in [0.15, 0.2) is 0 Å². The fraction of sp³-hybridized carbons (Fsp3) is 0.810. The van der Waals surface area contributed by atoms with Crippen LogP contribution in [0, 0.1) is 18.3 Å². The van der Waals surface area contributed by atoms with Crippen LogP contribution in [0.25, 0.3) is 10.4 Å². The molecule has 0 heterocycles. The lowest BCUT2D eigenvalue weighted by atomic mass is 10.2. The quantitative estimate of drug-likeness (QED) is 0.115. The van der Waals surface area contributed by atoms with Crippen LogP contribution in [0.5, 0.6) is 0 Å². The number of allylic oxidation sites excluding steroid dienone is 1. The number of ether oxygens (including phenoxy) is 2. The molecule has 0 aliphatic rings. The van der Waals surface area contributed by atoms with Gasteiger partial charge in [0.2, 0.25) is 0 Å². The summed E-state index contributed by atoms with van der Waals surface area (Å²) in [6.45, 7) is 18.3. The zero-order chi connectivity index (χ0) is 21.5. The summed E-state index contributed by atoms with van der Waals surface area (Å²) < 4.78 is 9.49. The molecule has 0 atom stereocenters. The number of terminal acetylenes is 1. The smallest absolute Gasteiger partial charge is 0.0485 e. The van der Waals surface area contributed by atoms with Crippen molar-refractivity contribution < 1.29 is 9.47 Å². The Morgan fingerprint density at radius 3 is 1.77 bits per heavy atom. The number of unbranched alkanes of at least 4 members (excludes halogenated alkanes) is 1. The van der Waals surface area contributed by atoms with Gasteiger partial charge in [0.1, 0.15) is 0 Å². The van der Waals surface area contributed by atoms with Gasteiger partial charge in [0.05, 0.1) is 0 Å². The SMILES string of the molecule is C#CCC.C=CCC.CCCCN=[N+]=[N-].CCCOC.COCC(C)C. The summed E-state index contributed by atoms with van der Waals surface area (Å²) in [6.07, 6.45) is 11.8. The van der Waals surface area contributed by atoms with Gasteiger partial charge in [0, 0.05) is 45.3 Å². The highest BCUT2D eigenvalue weighted by molar-refractivity contribution is 4.80. The summed E-state index contributed by atoms with van der Waals surface area (Å²) in [5.74, 6) is 3.11. The van der Waals surface area contributed by atoms with E-state index in [-0.39, 0.29) is 0 Å². The largest absolute Gasteiger partial charge is 0.385 e. The molecule has 0 bridgehead atoms. The zero-order valence-corrected chi connectivity index (χ0v) is 18.8. The van der Waals surface area contributed by atoms with Crippen molar-refractivity contribution in [3.63, 3.8) is 0 Å². The van der Waals surface area contributed by atoms with Crippen molar-refractivity contribution in [1.29, 1.82) is 0 Å². The molecule has 0 amide bonds.